The molecule has 2 N–H and O–H groups in total. The van der Waals surface area contributed by atoms with E-state index in [-0.39, 0.29) is 0 Å². The molecule has 1 aromatic carbocycles. The Labute approximate surface area is 119 Å². The summed E-state index contributed by atoms with van der Waals surface area (Å²) >= 11 is 3.56. The van der Waals surface area contributed by atoms with Crippen LogP contribution in [0, 0.1) is 13.8 Å². The number of nitrogens with zero attached hydrogens (tertiary/aromatic N) is 3. The summed E-state index contributed by atoms with van der Waals surface area (Å²) in [5.41, 5.74) is 9.78. The fraction of sp³-hybridized carbons (Fsp3) is 0.143. The molecule has 3 aromatic rings. The Morgan fingerprint density at radius 3 is 2.63 bits per heavy atom. The minimum Gasteiger partial charge on any atom is -0.398 e. The van der Waals surface area contributed by atoms with Crippen LogP contribution in [0.2, 0.25) is 0 Å². The van der Waals surface area contributed by atoms with Crippen molar-refractivity contribution in [2.45, 2.75) is 13.8 Å². The third kappa shape index (κ3) is 1.81. The van der Waals surface area contributed by atoms with E-state index in [4.69, 9.17) is 5.73 Å². The van der Waals surface area contributed by atoms with E-state index in [2.05, 4.69) is 26.0 Å². The first-order valence-electron chi connectivity index (χ1n) is 5.94. The topological polar surface area (TPSA) is 56.7 Å². The molecule has 0 aliphatic rings. The van der Waals surface area contributed by atoms with Crippen LogP contribution in [-0.4, -0.2) is 14.8 Å². The van der Waals surface area contributed by atoms with Crippen LogP contribution in [0.4, 0.5) is 5.69 Å². The quantitative estimate of drug-likeness (QED) is 0.700. The minimum atomic E-state index is 0.729. The predicted octanol–water partition coefficient (Wildman–Crippen LogP) is 3.38. The number of benzene rings is 1. The summed E-state index contributed by atoms with van der Waals surface area (Å²) in [6.07, 6.45) is 3.56. The molecule has 0 saturated carbocycles. The maximum absolute atomic E-state index is 6.00. The molecular weight excluding hydrogens is 304 g/mol. The number of aryl methyl sites for hydroxylation is 1. The molecule has 0 saturated heterocycles. The highest BCUT2D eigenvalue weighted by molar-refractivity contribution is 9.10. The molecule has 3 rings (SSSR count). The molecule has 2 heterocycles. The molecule has 0 radical (unpaired) electrons. The smallest absolute Gasteiger partial charge is 0.0743 e. The van der Waals surface area contributed by atoms with Gasteiger partial charge in [0.1, 0.15) is 0 Å². The van der Waals surface area contributed by atoms with Gasteiger partial charge in [-0.2, -0.15) is 5.10 Å². The van der Waals surface area contributed by atoms with E-state index >= 15 is 0 Å². The van der Waals surface area contributed by atoms with E-state index in [1.807, 2.05) is 36.7 Å². The van der Waals surface area contributed by atoms with Gasteiger partial charge in [-0.1, -0.05) is 0 Å². The van der Waals surface area contributed by atoms with Crippen LogP contribution in [0.25, 0.3) is 16.5 Å². The average Bonchev–Trinajstić information content (AvgIpc) is 2.67. The van der Waals surface area contributed by atoms with Crippen LogP contribution in [0.5, 0.6) is 0 Å². The molecular formula is C14H13BrN4. The van der Waals surface area contributed by atoms with Crippen molar-refractivity contribution in [3.8, 4) is 5.69 Å². The van der Waals surface area contributed by atoms with Gasteiger partial charge in [0.2, 0.25) is 0 Å². The lowest BCUT2D eigenvalue weighted by molar-refractivity contribution is 0.839. The number of fused-ring (bicyclic) bond motifs is 1. The van der Waals surface area contributed by atoms with E-state index in [0.717, 1.165) is 38.0 Å². The number of halogens is 1. The molecule has 2 aromatic heterocycles. The number of hydrogen-bond donors (Lipinski definition) is 1. The lowest BCUT2D eigenvalue weighted by Crippen LogP contribution is -2.01. The van der Waals surface area contributed by atoms with Crippen LogP contribution < -0.4 is 5.73 Å². The number of pyridine rings is 1. The highest BCUT2D eigenvalue weighted by atomic mass is 79.9. The molecule has 0 aliphatic carbocycles. The first kappa shape index (κ1) is 12.2. The van der Waals surface area contributed by atoms with Gasteiger partial charge in [-0.05, 0) is 48.0 Å². The molecule has 0 amide bonds. The first-order valence-corrected chi connectivity index (χ1v) is 6.73. The highest BCUT2D eigenvalue weighted by Gasteiger charge is 2.13. The van der Waals surface area contributed by atoms with Gasteiger partial charge in [0.15, 0.2) is 0 Å². The third-order valence-corrected chi connectivity index (χ3v) is 4.41. The summed E-state index contributed by atoms with van der Waals surface area (Å²) in [4.78, 5) is 4.13. The maximum Gasteiger partial charge on any atom is 0.0743 e. The highest BCUT2D eigenvalue weighted by Crippen LogP contribution is 2.29. The van der Waals surface area contributed by atoms with Crippen molar-refractivity contribution >= 4 is 32.4 Å². The predicted molar refractivity (Wildman–Crippen MR) is 80.5 cm³/mol. The standard InChI is InChI=1S/C14H13BrN4/c1-8-14(15)9(2)19(18-8)13-4-3-12(16)11-7-17-6-5-10(11)13/h3-7H,16H2,1-2H3. The van der Waals surface area contributed by atoms with Gasteiger partial charge in [0, 0.05) is 28.9 Å². The fourth-order valence-electron chi connectivity index (χ4n) is 2.24. The number of rotatable bonds is 1. The molecule has 0 spiro atoms. The summed E-state index contributed by atoms with van der Waals surface area (Å²) < 4.78 is 2.97. The van der Waals surface area contributed by atoms with Crippen molar-refractivity contribution < 1.29 is 0 Å². The molecule has 19 heavy (non-hydrogen) atoms. The van der Waals surface area contributed by atoms with Gasteiger partial charge in [0.05, 0.1) is 21.5 Å². The number of nitrogen functional groups attached to an aromatic ring is 1. The van der Waals surface area contributed by atoms with Crippen LogP contribution in [0.3, 0.4) is 0 Å². The van der Waals surface area contributed by atoms with Crippen LogP contribution in [-0.2, 0) is 0 Å². The van der Waals surface area contributed by atoms with Gasteiger partial charge in [-0.3, -0.25) is 4.98 Å². The summed E-state index contributed by atoms with van der Waals surface area (Å²) in [6.45, 7) is 4.02. The Hall–Kier alpha value is -1.88. The van der Waals surface area contributed by atoms with Crippen molar-refractivity contribution in [3.05, 3.63) is 46.5 Å². The Morgan fingerprint density at radius 2 is 1.95 bits per heavy atom. The maximum atomic E-state index is 6.00. The Morgan fingerprint density at radius 1 is 1.16 bits per heavy atom. The second-order valence-corrected chi connectivity index (χ2v) is 5.28. The molecule has 0 bridgehead atoms. The van der Waals surface area contributed by atoms with Crippen LogP contribution >= 0.6 is 15.9 Å². The molecule has 0 fully saturated rings. The number of aromatic nitrogens is 3. The molecule has 0 aliphatic heterocycles. The summed E-state index contributed by atoms with van der Waals surface area (Å²) in [7, 11) is 0. The van der Waals surface area contributed by atoms with E-state index in [9.17, 15) is 0 Å². The molecule has 96 valence electrons. The Kier molecular flexibility index (Phi) is 2.78. The van der Waals surface area contributed by atoms with Crippen molar-refractivity contribution in [3.63, 3.8) is 0 Å². The number of anilines is 1. The second kappa shape index (κ2) is 4.35. The van der Waals surface area contributed by atoms with Gasteiger partial charge in [0.25, 0.3) is 0 Å². The first-order chi connectivity index (χ1) is 9.09. The van der Waals surface area contributed by atoms with Crippen LogP contribution in [0.1, 0.15) is 11.4 Å². The lowest BCUT2D eigenvalue weighted by atomic mass is 10.1. The van der Waals surface area contributed by atoms with Gasteiger partial charge < -0.3 is 5.73 Å². The molecule has 0 atom stereocenters. The Balaban J connectivity index is 2.37. The van der Waals surface area contributed by atoms with Gasteiger partial charge in [-0.15, -0.1) is 0 Å². The fourth-order valence-corrected chi connectivity index (χ4v) is 2.49. The Bertz CT molecular complexity index is 776. The second-order valence-electron chi connectivity index (χ2n) is 4.49. The normalized spacial score (nSPS) is 11.1. The minimum absolute atomic E-state index is 0.729. The molecule has 5 heteroatoms. The number of hydrogen-bond acceptors (Lipinski definition) is 3. The average molecular weight is 317 g/mol. The monoisotopic (exact) mass is 316 g/mol. The van der Waals surface area contributed by atoms with Crippen molar-refractivity contribution in [1.29, 1.82) is 0 Å². The van der Waals surface area contributed by atoms with E-state index < -0.39 is 0 Å². The summed E-state index contributed by atoms with van der Waals surface area (Å²) in [5, 5.41) is 6.57. The summed E-state index contributed by atoms with van der Waals surface area (Å²) in [5.74, 6) is 0. The van der Waals surface area contributed by atoms with Crippen LogP contribution in [0.15, 0.2) is 35.1 Å². The van der Waals surface area contributed by atoms with E-state index in [1.165, 1.54) is 0 Å². The van der Waals surface area contributed by atoms with Crippen molar-refractivity contribution in [2.24, 2.45) is 0 Å². The molecule has 0 unspecified atom stereocenters. The SMILES string of the molecule is Cc1nn(-c2ccc(N)c3cnccc23)c(C)c1Br. The van der Waals surface area contributed by atoms with Crippen molar-refractivity contribution in [1.82, 2.24) is 14.8 Å². The van der Waals surface area contributed by atoms with E-state index in [0.29, 0.717) is 0 Å². The van der Waals surface area contributed by atoms with Gasteiger partial charge in [-0.25, -0.2) is 4.68 Å². The van der Waals surface area contributed by atoms with Gasteiger partial charge >= 0.3 is 0 Å². The zero-order valence-corrected chi connectivity index (χ0v) is 12.3. The molecule has 4 nitrogen and oxygen atoms in total. The third-order valence-electron chi connectivity index (χ3n) is 3.26. The summed E-state index contributed by atoms with van der Waals surface area (Å²) in [6, 6.07) is 5.85. The zero-order chi connectivity index (χ0) is 13.6. The lowest BCUT2D eigenvalue weighted by Gasteiger charge is -2.10. The zero-order valence-electron chi connectivity index (χ0n) is 10.7. The number of nitrogens with two attached hydrogens (primary N) is 1. The van der Waals surface area contributed by atoms with E-state index in [1.54, 1.807) is 12.4 Å². The van der Waals surface area contributed by atoms with Crippen molar-refractivity contribution in [2.75, 3.05) is 5.73 Å². The largest absolute Gasteiger partial charge is 0.398 e.